The molecule has 1 heterocycles. The maximum Gasteiger partial charge on any atom is 0.164 e. The standard InChI is InChI=1S/C21H26O4/c1-19(2)24-17(20(3,22)15-11-7-5-8-12-15)18(25-19)21(4,23)16-13-9-6-10-14-16/h5-14,17-18,22-23H,1-4H3/t17-,18-,20+,21+/m1/s1. The summed E-state index contributed by atoms with van der Waals surface area (Å²) >= 11 is 0. The number of hydrogen-bond donors (Lipinski definition) is 2. The van der Waals surface area contributed by atoms with E-state index >= 15 is 0 Å². The van der Waals surface area contributed by atoms with Crippen molar-refractivity contribution in [3.05, 3.63) is 71.8 Å². The molecule has 4 heteroatoms. The van der Waals surface area contributed by atoms with Crippen LogP contribution >= 0.6 is 0 Å². The van der Waals surface area contributed by atoms with Crippen LogP contribution in [0.5, 0.6) is 0 Å². The zero-order valence-electron chi connectivity index (χ0n) is 15.1. The summed E-state index contributed by atoms with van der Waals surface area (Å²) in [5, 5.41) is 22.6. The molecule has 4 atom stereocenters. The minimum absolute atomic E-state index is 0.718. The molecular formula is C21H26O4. The number of benzene rings is 2. The Morgan fingerprint density at radius 3 is 1.36 bits per heavy atom. The predicted octanol–water partition coefficient (Wildman–Crippen LogP) is 3.32. The fourth-order valence-electron chi connectivity index (χ4n) is 3.46. The fourth-order valence-corrected chi connectivity index (χ4v) is 3.46. The molecule has 0 aliphatic carbocycles. The van der Waals surface area contributed by atoms with Crippen molar-refractivity contribution >= 4 is 0 Å². The molecule has 0 aromatic heterocycles. The van der Waals surface area contributed by atoms with Gasteiger partial charge in [-0.05, 0) is 38.8 Å². The number of ether oxygens (including phenoxy) is 2. The molecule has 0 unspecified atom stereocenters. The summed E-state index contributed by atoms with van der Waals surface area (Å²) < 4.78 is 12.1. The normalized spacial score (nSPS) is 27.4. The number of hydrogen-bond acceptors (Lipinski definition) is 4. The molecule has 134 valence electrons. The van der Waals surface area contributed by atoms with Crippen LogP contribution in [0.1, 0.15) is 38.8 Å². The van der Waals surface area contributed by atoms with Crippen LogP contribution in [0.2, 0.25) is 0 Å². The largest absolute Gasteiger partial charge is 0.383 e. The van der Waals surface area contributed by atoms with Gasteiger partial charge >= 0.3 is 0 Å². The molecule has 1 aliphatic heterocycles. The molecule has 2 N–H and O–H groups in total. The highest BCUT2D eigenvalue weighted by Crippen LogP contribution is 2.45. The molecule has 1 fully saturated rings. The van der Waals surface area contributed by atoms with E-state index in [1.807, 2.05) is 60.7 Å². The van der Waals surface area contributed by atoms with E-state index in [-0.39, 0.29) is 0 Å². The van der Waals surface area contributed by atoms with E-state index in [2.05, 4.69) is 0 Å². The van der Waals surface area contributed by atoms with Crippen molar-refractivity contribution in [1.29, 1.82) is 0 Å². The predicted molar refractivity (Wildman–Crippen MR) is 95.9 cm³/mol. The lowest BCUT2D eigenvalue weighted by atomic mass is 9.79. The second-order valence-electron chi connectivity index (χ2n) is 7.50. The van der Waals surface area contributed by atoms with Crippen LogP contribution in [0, 0.1) is 0 Å². The second-order valence-corrected chi connectivity index (χ2v) is 7.50. The molecule has 0 spiro atoms. The molecular weight excluding hydrogens is 316 g/mol. The van der Waals surface area contributed by atoms with Gasteiger partial charge in [-0.2, -0.15) is 0 Å². The molecule has 0 radical (unpaired) electrons. The second kappa shape index (κ2) is 6.22. The monoisotopic (exact) mass is 342 g/mol. The average Bonchev–Trinajstić information content (AvgIpc) is 2.94. The van der Waals surface area contributed by atoms with Crippen molar-refractivity contribution in [2.75, 3.05) is 0 Å². The molecule has 0 bridgehead atoms. The highest BCUT2D eigenvalue weighted by Gasteiger charge is 2.57. The molecule has 1 saturated heterocycles. The molecule has 0 saturated carbocycles. The lowest BCUT2D eigenvalue weighted by molar-refractivity contribution is -0.175. The maximum absolute atomic E-state index is 11.3. The van der Waals surface area contributed by atoms with Gasteiger partial charge in [-0.3, -0.25) is 0 Å². The highest BCUT2D eigenvalue weighted by molar-refractivity contribution is 5.28. The summed E-state index contributed by atoms with van der Waals surface area (Å²) in [6, 6.07) is 18.7. The van der Waals surface area contributed by atoms with Crippen LogP contribution in [0.25, 0.3) is 0 Å². The van der Waals surface area contributed by atoms with Gasteiger partial charge in [-0.25, -0.2) is 0 Å². The minimum atomic E-state index is -1.32. The Hall–Kier alpha value is -1.72. The van der Waals surface area contributed by atoms with Gasteiger partial charge in [-0.1, -0.05) is 60.7 Å². The van der Waals surface area contributed by atoms with Crippen molar-refractivity contribution < 1.29 is 19.7 Å². The van der Waals surface area contributed by atoms with Crippen LogP contribution in [0.3, 0.4) is 0 Å². The third kappa shape index (κ3) is 3.35. The number of rotatable bonds is 4. The maximum atomic E-state index is 11.3. The van der Waals surface area contributed by atoms with Gasteiger partial charge in [-0.15, -0.1) is 0 Å². The van der Waals surface area contributed by atoms with Gasteiger partial charge in [0.25, 0.3) is 0 Å². The summed E-state index contributed by atoms with van der Waals surface area (Å²) in [6.07, 6.45) is -1.47. The lowest BCUT2D eigenvalue weighted by Crippen LogP contribution is -2.51. The Labute approximate surface area is 149 Å². The topological polar surface area (TPSA) is 58.9 Å². The van der Waals surface area contributed by atoms with Crippen molar-refractivity contribution in [3.8, 4) is 0 Å². The zero-order chi connectivity index (χ0) is 18.3. The first-order chi connectivity index (χ1) is 11.6. The van der Waals surface area contributed by atoms with Gasteiger partial charge < -0.3 is 19.7 Å². The first kappa shape index (κ1) is 18.1. The van der Waals surface area contributed by atoms with Crippen molar-refractivity contribution in [1.82, 2.24) is 0 Å². The molecule has 2 aromatic carbocycles. The Kier molecular flexibility index (Phi) is 4.50. The van der Waals surface area contributed by atoms with Crippen LogP contribution in [-0.2, 0) is 20.7 Å². The summed E-state index contributed by atoms with van der Waals surface area (Å²) in [7, 11) is 0. The summed E-state index contributed by atoms with van der Waals surface area (Å²) in [4.78, 5) is 0. The number of aliphatic hydroxyl groups is 2. The molecule has 1 aliphatic rings. The quantitative estimate of drug-likeness (QED) is 0.895. The van der Waals surface area contributed by atoms with Crippen LogP contribution in [0.4, 0.5) is 0 Å². The molecule has 4 nitrogen and oxygen atoms in total. The Morgan fingerprint density at radius 1 is 0.720 bits per heavy atom. The van der Waals surface area contributed by atoms with Crippen molar-refractivity contribution in [3.63, 3.8) is 0 Å². The van der Waals surface area contributed by atoms with Gasteiger partial charge in [0.05, 0.1) is 0 Å². The lowest BCUT2D eigenvalue weighted by Gasteiger charge is -2.38. The Balaban J connectivity index is 2.02. The van der Waals surface area contributed by atoms with E-state index in [1.54, 1.807) is 27.7 Å². The van der Waals surface area contributed by atoms with Crippen molar-refractivity contribution in [2.24, 2.45) is 0 Å². The van der Waals surface area contributed by atoms with E-state index in [0.29, 0.717) is 0 Å². The molecule has 3 rings (SSSR count). The van der Waals surface area contributed by atoms with Gasteiger partial charge in [0, 0.05) is 0 Å². The summed E-state index contributed by atoms with van der Waals surface area (Å²) in [6.45, 7) is 6.99. The third-order valence-electron chi connectivity index (χ3n) is 4.92. The van der Waals surface area contributed by atoms with Crippen LogP contribution < -0.4 is 0 Å². The molecule has 2 aromatic rings. The van der Waals surface area contributed by atoms with Gasteiger partial charge in [0.2, 0.25) is 0 Å². The van der Waals surface area contributed by atoms with E-state index in [9.17, 15) is 10.2 Å². The van der Waals surface area contributed by atoms with Crippen LogP contribution in [-0.4, -0.2) is 28.2 Å². The molecule has 25 heavy (non-hydrogen) atoms. The van der Waals surface area contributed by atoms with E-state index in [1.165, 1.54) is 0 Å². The first-order valence-electron chi connectivity index (χ1n) is 8.56. The third-order valence-corrected chi connectivity index (χ3v) is 4.92. The SMILES string of the molecule is CC1(C)O[C@@H]([C@@](C)(O)c2ccccc2)[C@H]([C@@](C)(O)c2ccccc2)O1. The van der Waals surface area contributed by atoms with Gasteiger partial charge in [0.1, 0.15) is 23.4 Å². The minimum Gasteiger partial charge on any atom is -0.383 e. The van der Waals surface area contributed by atoms with Crippen molar-refractivity contribution in [2.45, 2.75) is 56.9 Å². The van der Waals surface area contributed by atoms with Gasteiger partial charge in [0.15, 0.2) is 5.79 Å². The first-order valence-corrected chi connectivity index (χ1v) is 8.56. The Bertz CT molecular complexity index is 646. The summed E-state index contributed by atoms with van der Waals surface area (Å²) in [5.74, 6) is -0.910. The zero-order valence-corrected chi connectivity index (χ0v) is 15.1. The molecule has 0 amide bonds. The van der Waals surface area contributed by atoms with E-state index in [0.717, 1.165) is 11.1 Å². The average molecular weight is 342 g/mol. The van der Waals surface area contributed by atoms with E-state index in [4.69, 9.17) is 9.47 Å². The van der Waals surface area contributed by atoms with Crippen LogP contribution in [0.15, 0.2) is 60.7 Å². The van der Waals surface area contributed by atoms with E-state index < -0.39 is 29.2 Å². The highest BCUT2D eigenvalue weighted by atomic mass is 16.8. The smallest absolute Gasteiger partial charge is 0.164 e. The fraction of sp³-hybridized carbons (Fsp3) is 0.429. The Morgan fingerprint density at radius 2 is 1.04 bits per heavy atom. The summed E-state index contributed by atoms with van der Waals surface area (Å²) in [5.41, 5.74) is -1.21.